The normalized spacial score (nSPS) is 15.4. The van der Waals surface area contributed by atoms with Crippen LogP contribution >= 0.6 is 11.7 Å². The Labute approximate surface area is 380 Å². The van der Waals surface area contributed by atoms with Gasteiger partial charge in [-0.05, 0) is 125 Å². The molecule has 0 amide bonds. The van der Waals surface area contributed by atoms with Crippen LogP contribution in [0.4, 0.5) is 0 Å². The van der Waals surface area contributed by atoms with E-state index in [4.69, 9.17) is 8.75 Å². The van der Waals surface area contributed by atoms with Gasteiger partial charge in [-0.25, -0.2) is 0 Å². The van der Waals surface area contributed by atoms with Crippen LogP contribution in [0.2, 0.25) is 0 Å². The van der Waals surface area contributed by atoms with Crippen LogP contribution in [-0.4, -0.2) is 8.75 Å². The first-order valence-corrected chi connectivity index (χ1v) is 25.0. The van der Waals surface area contributed by atoms with Crippen LogP contribution in [0.3, 0.4) is 0 Å². The van der Waals surface area contributed by atoms with Gasteiger partial charge in [0, 0.05) is 22.0 Å². The maximum Gasteiger partial charge on any atom is 0.113 e. The molecule has 0 N–H and O–H groups in total. The molecule has 10 rings (SSSR count). The van der Waals surface area contributed by atoms with Crippen LogP contribution in [0.15, 0.2) is 109 Å². The first-order valence-electron chi connectivity index (χ1n) is 24.2. The van der Waals surface area contributed by atoms with Gasteiger partial charge >= 0.3 is 0 Å². The van der Waals surface area contributed by atoms with Crippen molar-refractivity contribution in [3.05, 3.63) is 143 Å². The summed E-state index contributed by atoms with van der Waals surface area (Å²) in [5.74, 6) is 1.52. The van der Waals surface area contributed by atoms with Crippen molar-refractivity contribution in [2.75, 3.05) is 0 Å². The van der Waals surface area contributed by atoms with Gasteiger partial charge in [-0.1, -0.05) is 204 Å². The van der Waals surface area contributed by atoms with E-state index in [9.17, 15) is 0 Å². The summed E-state index contributed by atoms with van der Waals surface area (Å²) < 4.78 is 9.97. The molecule has 2 nitrogen and oxygen atoms in total. The number of hydrogen-bond acceptors (Lipinski definition) is 3. The predicted molar refractivity (Wildman–Crippen MR) is 272 cm³/mol. The zero-order valence-electron chi connectivity index (χ0n) is 38.9. The van der Waals surface area contributed by atoms with Crippen molar-refractivity contribution in [2.45, 2.75) is 130 Å². The molecule has 0 aliphatic heterocycles. The molecule has 0 saturated heterocycles. The average molecular weight is 845 g/mol. The van der Waals surface area contributed by atoms with Crippen LogP contribution < -0.4 is 0 Å². The van der Waals surface area contributed by atoms with E-state index in [2.05, 4.69) is 165 Å². The Balaban J connectivity index is 0.958. The van der Waals surface area contributed by atoms with Crippen molar-refractivity contribution in [1.29, 1.82) is 0 Å². The number of nitrogens with zero attached hydrogens (tertiary/aromatic N) is 2. The van der Waals surface area contributed by atoms with E-state index in [0.29, 0.717) is 0 Å². The Morgan fingerprint density at radius 1 is 0.460 bits per heavy atom. The minimum atomic E-state index is -0.136. The van der Waals surface area contributed by atoms with Gasteiger partial charge in [0.1, 0.15) is 11.0 Å². The predicted octanol–water partition coefficient (Wildman–Crippen LogP) is 17.5. The molecule has 320 valence electrons. The highest BCUT2D eigenvalue weighted by atomic mass is 32.1. The Kier molecular flexibility index (Phi) is 10.9. The summed E-state index contributed by atoms with van der Waals surface area (Å²) in [5.41, 5.74) is 20.5. The van der Waals surface area contributed by atoms with Crippen LogP contribution in [0.1, 0.15) is 140 Å². The minimum Gasteiger partial charge on any atom is -0.172 e. The van der Waals surface area contributed by atoms with Crippen molar-refractivity contribution in [3.63, 3.8) is 0 Å². The van der Waals surface area contributed by atoms with Crippen LogP contribution in [-0.2, 0) is 23.7 Å². The Morgan fingerprint density at radius 2 is 0.873 bits per heavy atom. The third-order valence-corrected chi connectivity index (χ3v) is 16.1. The maximum absolute atomic E-state index is 4.99. The fourth-order valence-electron chi connectivity index (χ4n) is 11.9. The van der Waals surface area contributed by atoms with Gasteiger partial charge in [-0.3, -0.25) is 0 Å². The Hall–Kier alpha value is -5.12. The fourth-order valence-corrected chi connectivity index (χ4v) is 12.5. The highest BCUT2D eigenvalue weighted by molar-refractivity contribution is 7.00. The molecule has 2 unspecified atom stereocenters. The summed E-state index contributed by atoms with van der Waals surface area (Å²) in [5, 5.41) is 5.50. The molecule has 2 aliphatic rings. The van der Waals surface area contributed by atoms with Gasteiger partial charge in [-0.2, -0.15) is 8.75 Å². The molecular formula is C60H64N2S. The number of rotatable bonds is 14. The lowest BCUT2D eigenvalue weighted by Crippen LogP contribution is -2.15. The van der Waals surface area contributed by atoms with E-state index < -0.39 is 0 Å². The van der Waals surface area contributed by atoms with E-state index in [1.165, 1.54) is 164 Å². The lowest BCUT2D eigenvalue weighted by molar-refractivity contribution is 0.449. The van der Waals surface area contributed by atoms with E-state index >= 15 is 0 Å². The van der Waals surface area contributed by atoms with E-state index in [1.54, 1.807) is 0 Å². The second kappa shape index (κ2) is 16.5. The maximum atomic E-state index is 4.99. The number of aromatic nitrogens is 2. The third-order valence-electron chi connectivity index (χ3n) is 15.6. The number of fused-ring (bicyclic) bond motifs is 11. The van der Waals surface area contributed by atoms with Crippen molar-refractivity contribution in [1.82, 2.24) is 8.75 Å². The van der Waals surface area contributed by atoms with E-state index in [-0.39, 0.29) is 10.8 Å². The van der Waals surface area contributed by atoms with Crippen molar-refractivity contribution < 1.29 is 0 Å². The largest absolute Gasteiger partial charge is 0.172 e. The molecule has 1 aromatic heterocycles. The molecule has 8 aromatic rings. The Bertz CT molecular complexity index is 2830. The van der Waals surface area contributed by atoms with Gasteiger partial charge in [0.05, 0.1) is 11.7 Å². The molecule has 0 radical (unpaired) electrons. The number of benzene rings is 7. The summed E-state index contributed by atoms with van der Waals surface area (Å²) >= 11 is 1.32. The van der Waals surface area contributed by atoms with Gasteiger partial charge in [-0.15, -0.1) is 0 Å². The molecule has 0 saturated carbocycles. The molecule has 63 heavy (non-hydrogen) atoms. The van der Waals surface area contributed by atoms with E-state index in [0.717, 1.165) is 34.0 Å². The molecule has 2 atom stereocenters. The summed E-state index contributed by atoms with van der Waals surface area (Å²) in [7, 11) is 0. The first-order chi connectivity index (χ1) is 30.5. The third kappa shape index (κ3) is 7.05. The zero-order chi connectivity index (χ0) is 43.6. The van der Waals surface area contributed by atoms with Crippen molar-refractivity contribution >= 4 is 44.3 Å². The molecule has 0 spiro atoms. The zero-order valence-corrected chi connectivity index (χ0v) is 39.7. The highest BCUT2D eigenvalue weighted by Gasteiger charge is 2.39. The molecule has 7 aromatic carbocycles. The van der Waals surface area contributed by atoms with Gasteiger partial charge in [0.15, 0.2) is 0 Å². The first kappa shape index (κ1) is 41.9. The second-order valence-electron chi connectivity index (χ2n) is 20.2. The molecular weight excluding hydrogens is 781 g/mol. The lowest BCUT2D eigenvalue weighted by atomic mass is 9.79. The fraction of sp³-hybridized carbons (Fsp3) is 0.367. The molecule has 2 aliphatic carbocycles. The Morgan fingerprint density at radius 3 is 1.29 bits per heavy atom. The molecule has 0 bridgehead atoms. The average Bonchev–Trinajstić information content (AvgIpc) is 3.95. The van der Waals surface area contributed by atoms with Crippen LogP contribution in [0.25, 0.3) is 77.1 Å². The standard InChI is InChI=1S/C60H64N2S/c1-9-13-15-37(11-3)31-39-17-23-45-41(33-39)21-27-51-49-25-19-43(35-53(49)59(5,6)55(45)51)47-29-30-48(58-57(47)61-63-62-58)44-20-26-50-52-28-22-42-34-40(32-38(12-4)16-14-10-2)18-24-46(42)56(52)60(7,8)54(50)36-44/h17-30,33-38H,9-16,31-32H2,1-8H3. The van der Waals surface area contributed by atoms with Gasteiger partial charge < -0.3 is 0 Å². The molecule has 3 heteroatoms. The lowest BCUT2D eigenvalue weighted by Gasteiger charge is -2.24. The van der Waals surface area contributed by atoms with Crippen molar-refractivity contribution in [3.8, 4) is 44.5 Å². The summed E-state index contributed by atoms with van der Waals surface area (Å²) in [4.78, 5) is 0. The van der Waals surface area contributed by atoms with E-state index in [1.807, 2.05) is 0 Å². The van der Waals surface area contributed by atoms with Gasteiger partial charge in [0.2, 0.25) is 0 Å². The monoisotopic (exact) mass is 844 g/mol. The van der Waals surface area contributed by atoms with Crippen LogP contribution in [0, 0.1) is 11.8 Å². The summed E-state index contributed by atoms with van der Waals surface area (Å²) in [6.07, 6.45) is 12.7. The van der Waals surface area contributed by atoms with Crippen molar-refractivity contribution in [2.24, 2.45) is 11.8 Å². The second-order valence-corrected chi connectivity index (χ2v) is 20.7. The number of unbranched alkanes of at least 4 members (excludes halogenated alkanes) is 2. The smallest absolute Gasteiger partial charge is 0.113 e. The highest BCUT2D eigenvalue weighted by Crippen LogP contribution is 2.54. The molecule has 0 fully saturated rings. The van der Waals surface area contributed by atoms with Gasteiger partial charge in [0.25, 0.3) is 0 Å². The topological polar surface area (TPSA) is 25.8 Å². The summed E-state index contributed by atoms with van der Waals surface area (Å²) in [6, 6.07) is 42.9. The minimum absolute atomic E-state index is 0.136. The number of hydrogen-bond donors (Lipinski definition) is 0. The van der Waals surface area contributed by atoms with Crippen LogP contribution in [0.5, 0.6) is 0 Å². The quantitative estimate of drug-likeness (QED) is 0.109. The molecule has 1 heterocycles. The summed E-state index contributed by atoms with van der Waals surface area (Å²) in [6.45, 7) is 19.0. The SMILES string of the molecule is CCCCC(CC)Cc1ccc2c3c(ccc2c1)-c1ccc(-c2ccc(-c4ccc5c(c4)C(C)(C)c4c-5ccc5cc(CC(CC)CCCC)ccc45)c4nsnc24)cc1C3(C)C.